The van der Waals surface area contributed by atoms with Crippen molar-refractivity contribution < 1.29 is 19.7 Å². The topological polar surface area (TPSA) is 82.0 Å². The van der Waals surface area contributed by atoms with Gasteiger partial charge in [-0.25, -0.2) is 0 Å². The number of aromatic hydroxyl groups is 1. The Bertz CT molecular complexity index is 813. The van der Waals surface area contributed by atoms with Crippen LogP contribution in [0.3, 0.4) is 0 Å². The molecule has 2 fully saturated rings. The summed E-state index contributed by atoms with van der Waals surface area (Å²) in [6.07, 6.45) is 5.78. The van der Waals surface area contributed by atoms with Crippen molar-refractivity contribution in [3.63, 3.8) is 0 Å². The zero-order valence-electron chi connectivity index (χ0n) is 18.7. The molecule has 1 aromatic rings. The summed E-state index contributed by atoms with van der Waals surface area (Å²) in [4.78, 5) is 14.7. The minimum absolute atomic E-state index is 0.0491. The van der Waals surface area contributed by atoms with Gasteiger partial charge < -0.3 is 25.2 Å². The Kier molecular flexibility index (Phi) is 6.70. The lowest BCUT2D eigenvalue weighted by molar-refractivity contribution is -0.121. The van der Waals surface area contributed by atoms with Gasteiger partial charge in [-0.3, -0.25) is 4.79 Å². The van der Waals surface area contributed by atoms with Gasteiger partial charge >= 0.3 is 0 Å². The minimum atomic E-state index is -0.516. The van der Waals surface area contributed by atoms with Crippen LogP contribution in [0.25, 0.3) is 0 Å². The fourth-order valence-electron chi connectivity index (χ4n) is 5.50. The molecule has 170 valence electrons. The highest BCUT2D eigenvalue weighted by atomic mass is 16.5. The maximum Gasteiger partial charge on any atom is 0.227 e. The second-order valence-electron chi connectivity index (χ2n) is 10.1. The average Bonchev–Trinajstić information content (AvgIpc) is 2.76. The highest BCUT2D eigenvalue weighted by Crippen LogP contribution is 2.59. The number of hydrogen-bond donors (Lipinski definition) is 3. The normalized spacial score (nSPS) is 26.6. The van der Waals surface area contributed by atoms with E-state index in [1.54, 1.807) is 24.3 Å². The molecule has 2 bridgehead atoms. The monoisotopic (exact) mass is 428 g/mol. The van der Waals surface area contributed by atoms with E-state index >= 15 is 0 Å². The number of ether oxygens (including phenoxy) is 1. The third kappa shape index (κ3) is 4.97. The van der Waals surface area contributed by atoms with Crippen LogP contribution in [0.1, 0.15) is 39.5 Å². The first-order chi connectivity index (χ1) is 14.8. The molecule has 1 heterocycles. The van der Waals surface area contributed by atoms with Gasteiger partial charge in [0.15, 0.2) is 0 Å². The van der Waals surface area contributed by atoms with Crippen molar-refractivity contribution in [2.75, 3.05) is 38.2 Å². The van der Waals surface area contributed by atoms with Crippen LogP contribution in [0.15, 0.2) is 35.9 Å². The molecular weight excluding hydrogens is 392 g/mol. The van der Waals surface area contributed by atoms with Gasteiger partial charge in [0.25, 0.3) is 0 Å². The number of phenolic OH excluding ortho intramolecular Hbond substituents is 1. The van der Waals surface area contributed by atoms with Crippen molar-refractivity contribution >= 4 is 11.6 Å². The second kappa shape index (κ2) is 9.31. The number of allylic oxidation sites excluding steroid dienone is 1. The predicted molar refractivity (Wildman–Crippen MR) is 121 cm³/mol. The summed E-state index contributed by atoms with van der Waals surface area (Å²) in [6.45, 7) is 7.83. The SMILES string of the molecule is CC1(C)C2CC=C(COCC(O)CN3CCC(C(=O)Nc4ccccc4O)CC3)C1C2. The van der Waals surface area contributed by atoms with E-state index in [4.69, 9.17) is 4.74 Å². The van der Waals surface area contributed by atoms with E-state index in [1.165, 1.54) is 12.0 Å². The number of β-amino-alcohol motifs (C(OH)–C–C–N with tert-alkyl or cyclic N) is 1. The molecule has 6 heteroatoms. The maximum atomic E-state index is 12.5. The van der Waals surface area contributed by atoms with Crippen LogP contribution in [-0.2, 0) is 9.53 Å². The van der Waals surface area contributed by atoms with E-state index in [1.807, 2.05) is 0 Å². The summed E-state index contributed by atoms with van der Waals surface area (Å²) in [6, 6.07) is 6.78. The highest BCUT2D eigenvalue weighted by molar-refractivity contribution is 5.93. The Balaban J connectivity index is 1.14. The summed E-state index contributed by atoms with van der Waals surface area (Å²) >= 11 is 0. The van der Waals surface area contributed by atoms with Gasteiger partial charge in [-0.15, -0.1) is 0 Å². The molecule has 1 saturated carbocycles. The molecule has 1 aromatic carbocycles. The van der Waals surface area contributed by atoms with Crippen LogP contribution in [-0.4, -0.2) is 60.0 Å². The van der Waals surface area contributed by atoms with E-state index in [-0.39, 0.29) is 17.6 Å². The van der Waals surface area contributed by atoms with E-state index in [0.717, 1.165) is 38.3 Å². The lowest BCUT2D eigenvalue weighted by atomic mass is 9.49. The number of carbonyl (C=O) groups excluding carboxylic acids is 1. The summed E-state index contributed by atoms with van der Waals surface area (Å²) < 4.78 is 5.87. The zero-order chi connectivity index (χ0) is 22.0. The van der Waals surface area contributed by atoms with Crippen LogP contribution < -0.4 is 5.32 Å². The van der Waals surface area contributed by atoms with Gasteiger partial charge in [-0.2, -0.15) is 0 Å². The van der Waals surface area contributed by atoms with Crippen molar-refractivity contribution in [1.82, 2.24) is 4.90 Å². The number of aliphatic hydroxyl groups is 1. The zero-order valence-corrected chi connectivity index (χ0v) is 18.7. The smallest absolute Gasteiger partial charge is 0.227 e. The van der Waals surface area contributed by atoms with Crippen molar-refractivity contribution in [1.29, 1.82) is 0 Å². The number of rotatable bonds is 8. The minimum Gasteiger partial charge on any atom is -0.506 e. The molecule has 6 nitrogen and oxygen atoms in total. The van der Waals surface area contributed by atoms with Crippen LogP contribution in [0, 0.1) is 23.2 Å². The van der Waals surface area contributed by atoms with Crippen LogP contribution in [0.2, 0.25) is 0 Å². The molecular formula is C25H36N2O4. The lowest BCUT2D eigenvalue weighted by Gasteiger charge is -2.56. The number of likely N-dealkylation sites (tertiary alicyclic amines) is 1. The van der Waals surface area contributed by atoms with E-state index in [2.05, 4.69) is 30.1 Å². The van der Waals surface area contributed by atoms with Gasteiger partial charge in [-0.1, -0.05) is 32.1 Å². The molecule has 1 aliphatic heterocycles. The largest absolute Gasteiger partial charge is 0.506 e. The van der Waals surface area contributed by atoms with Crippen LogP contribution in [0.4, 0.5) is 5.69 Å². The number of para-hydroxylation sites is 2. The molecule has 5 rings (SSSR count). The van der Waals surface area contributed by atoms with Gasteiger partial charge in [0, 0.05) is 12.5 Å². The number of benzene rings is 1. The Labute approximate surface area is 185 Å². The number of anilines is 1. The predicted octanol–water partition coefficient (Wildman–Crippen LogP) is 3.41. The third-order valence-corrected chi connectivity index (χ3v) is 7.75. The number of aliphatic hydroxyl groups excluding tert-OH is 1. The fraction of sp³-hybridized carbons (Fsp3) is 0.640. The molecule has 0 radical (unpaired) electrons. The molecule has 3 N–H and O–H groups in total. The first kappa shape index (κ1) is 22.3. The molecule has 0 spiro atoms. The van der Waals surface area contributed by atoms with Crippen molar-refractivity contribution in [2.24, 2.45) is 23.2 Å². The highest BCUT2D eigenvalue weighted by Gasteiger charge is 2.50. The molecule has 3 unspecified atom stereocenters. The molecule has 1 saturated heterocycles. The van der Waals surface area contributed by atoms with Gasteiger partial charge in [0.2, 0.25) is 5.91 Å². The number of amides is 1. The number of carbonyl (C=O) groups is 1. The Morgan fingerprint density at radius 2 is 2.03 bits per heavy atom. The number of piperidine rings is 1. The van der Waals surface area contributed by atoms with Crippen LogP contribution >= 0.6 is 0 Å². The van der Waals surface area contributed by atoms with Crippen molar-refractivity contribution in [3.05, 3.63) is 35.9 Å². The molecule has 3 atom stereocenters. The number of hydrogen-bond acceptors (Lipinski definition) is 5. The van der Waals surface area contributed by atoms with Gasteiger partial charge in [0.1, 0.15) is 5.75 Å². The Morgan fingerprint density at radius 3 is 2.71 bits per heavy atom. The maximum absolute atomic E-state index is 12.5. The van der Waals surface area contributed by atoms with E-state index < -0.39 is 6.10 Å². The lowest BCUT2D eigenvalue weighted by Crippen LogP contribution is -2.48. The summed E-state index contributed by atoms with van der Waals surface area (Å²) in [5.74, 6) is 1.44. The molecule has 3 aliphatic carbocycles. The Morgan fingerprint density at radius 1 is 1.29 bits per heavy atom. The molecule has 0 aromatic heterocycles. The summed E-state index contributed by atoms with van der Waals surface area (Å²) in [5, 5.41) is 23.1. The number of phenols is 1. The molecule has 31 heavy (non-hydrogen) atoms. The Hall–Kier alpha value is -1.89. The summed E-state index contributed by atoms with van der Waals surface area (Å²) in [5.41, 5.74) is 2.27. The van der Waals surface area contributed by atoms with Crippen LogP contribution in [0.5, 0.6) is 5.75 Å². The van der Waals surface area contributed by atoms with Gasteiger partial charge in [-0.05, 0) is 73.7 Å². The third-order valence-electron chi connectivity index (χ3n) is 7.75. The number of nitrogens with zero attached hydrogens (tertiary/aromatic N) is 1. The van der Waals surface area contributed by atoms with E-state index in [0.29, 0.717) is 36.8 Å². The molecule has 1 amide bonds. The number of fused-ring (bicyclic) bond motifs is 1. The quantitative estimate of drug-likeness (QED) is 0.437. The fourth-order valence-corrected chi connectivity index (χ4v) is 5.50. The standard InChI is InChI=1S/C25H36N2O4/c1-25(2)19-8-7-18(21(25)13-19)15-31-16-20(28)14-27-11-9-17(10-12-27)24(30)26-22-5-3-4-6-23(22)29/h3-7,17,19-21,28-29H,8-16H2,1-2H3,(H,26,30). The van der Waals surface area contributed by atoms with Crippen molar-refractivity contribution in [3.8, 4) is 5.75 Å². The first-order valence-electron chi connectivity index (χ1n) is 11.6. The first-order valence-corrected chi connectivity index (χ1v) is 11.6. The summed E-state index contributed by atoms with van der Waals surface area (Å²) in [7, 11) is 0. The number of nitrogens with one attached hydrogen (secondary N) is 1. The molecule has 4 aliphatic rings. The average molecular weight is 429 g/mol. The van der Waals surface area contributed by atoms with Gasteiger partial charge in [0.05, 0.1) is 25.0 Å². The van der Waals surface area contributed by atoms with Crippen molar-refractivity contribution in [2.45, 2.75) is 45.6 Å². The van der Waals surface area contributed by atoms with E-state index in [9.17, 15) is 15.0 Å². The second-order valence-corrected chi connectivity index (χ2v) is 10.1.